The highest BCUT2D eigenvalue weighted by Gasteiger charge is 2.25. The van der Waals surface area contributed by atoms with Gasteiger partial charge >= 0.3 is 0 Å². The summed E-state index contributed by atoms with van der Waals surface area (Å²) in [7, 11) is 3.33. The first-order valence-corrected chi connectivity index (χ1v) is 23.8. The Morgan fingerprint density at radius 1 is 0.600 bits per heavy atom. The number of ether oxygens (including phenoxy) is 2. The molecule has 0 saturated carbocycles. The van der Waals surface area contributed by atoms with Gasteiger partial charge in [-0.3, -0.25) is 0 Å². The topological polar surface area (TPSA) is 108 Å². The molecule has 6 aromatic rings. The summed E-state index contributed by atoms with van der Waals surface area (Å²) in [5.41, 5.74) is 5.54. The second-order valence-electron chi connectivity index (χ2n) is 18.8. The maximum absolute atomic E-state index is 6.34. The molecule has 0 amide bonds. The predicted octanol–water partition coefficient (Wildman–Crippen LogP) is 12.2. The first kappa shape index (κ1) is 49.9. The minimum absolute atomic E-state index is 0.141. The highest BCUT2D eigenvalue weighted by Crippen LogP contribution is 2.36. The molecule has 5 N–H and O–H groups in total. The van der Waals surface area contributed by atoms with Crippen LogP contribution in [0, 0.1) is 0 Å². The van der Waals surface area contributed by atoms with Crippen molar-refractivity contribution in [3.63, 3.8) is 0 Å². The summed E-state index contributed by atoms with van der Waals surface area (Å²) in [5, 5.41) is 21.6. The summed E-state index contributed by atoms with van der Waals surface area (Å²) in [6.07, 6.45) is 4.80. The molecule has 4 heterocycles. The third-order valence-corrected chi connectivity index (χ3v) is 12.0. The van der Waals surface area contributed by atoms with Crippen molar-refractivity contribution in [2.24, 2.45) is 0 Å². The van der Waals surface area contributed by atoms with Gasteiger partial charge in [0.15, 0.2) is 0 Å². The lowest BCUT2D eigenvalue weighted by atomic mass is 9.99. The molecule has 10 nitrogen and oxygen atoms in total. The normalized spacial score (nSPS) is 14.8. The van der Waals surface area contributed by atoms with E-state index in [0.717, 1.165) is 86.5 Å². The van der Waals surface area contributed by atoms with E-state index in [2.05, 4.69) is 90.1 Å². The Kier molecular flexibility index (Phi) is 17.8. The van der Waals surface area contributed by atoms with Gasteiger partial charge in [0.2, 0.25) is 0 Å². The molecular formula is C52H67Cl3N8O2. The number of fused-ring (bicyclic) bond motifs is 2. The zero-order valence-corrected chi connectivity index (χ0v) is 41.5. The SMILES string of the molecule is CC(C)(C)NC1CCNCC1.COc1cccc2c(Cl)cc(NCc3ccc(Cl)cc3)nc12.COc1cccc2c(N3CCC(NC(C)(C)C)CC3)cc(NCc3ccc(Cl)cc3)nc12. The van der Waals surface area contributed by atoms with Crippen molar-refractivity contribution >= 4 is 73.9 Å². The molecule has 0 spiro atoms. The Bertz CT molecular complexity index is 2420. The van der Waals surface area contributed by atoms with E-state index in [1.165, 1.54) is 31.6 Å². The number of hydrogen-bond acceptors (Lipinski definition) is 10. The second-order valence-corrected chi connectivity index (χ2v) is 20.0. The molecule has 0 unspecified atom stereocenters. The van der Waals surface area contributed by atoms with Crippen LogP contribution in [0.25, 0.3) is 21.8 Å². The number of nitrogens with one attached hydrogen (secondary N) is 5. The van der Waals surface area contributed by atoms with Crippen LogP contribution < -0.4 is 41.0 Å². The molecule has 4 aromatic carbocycles. The largest absolute Gasteiger partial charge is 0.494 e. The number of methoxy groups -OCH3 is 2. The van der Waals surface area contributed by atoms with Crippen LogP contribution in [-0.2, 0) is 13.1 Å². The summed E-state index contributed by atoms with van der Waals surface area (Å²) < 4.78 is 11.0. The third-order valence-electron chi connectivity index (χ3n) is 11.2. The summed E-state index contributed by atoms with van der Waals surface area (Å²) in [4.78, 5) is 12.0. The number of rotatable bonds is 11. The molecular weight excluding hydrogens is 875 g/mol. The zero-order valence-electron chi connectivity index (χ0n) is 39.3. The molecule has 0 radical (unpaired) electrons. The van der Waals surface area contributed by atoms with Crippen molar-refractivity contribution in [3.05, 3.63) is 123 Å². The van der Waals surface area contributed by atoms with Crippen LogP contribution in [0.3, 0.4) is 0 Å². The number of hydrogen-bond donors (Lipinski definition) is 5. The number of piperidine rings is 2. The quantitative estimate of drug-likeness (QED) is 0.0862. The second kappa shape index (κ2) is 23.3. The number of halogens is 3. The van der Waals surface area contributed by atoms with Crippen molar-refractivity contribution in [3.8, 4) is 11.5 Å². The van der Waals surface area contributed by atoms with Gasteiger partial charge in [-0.1, -0.05) is 83.3 Å². The lowest BCUT2D eigenvalue weighted by Gasteiger charge is -2.37. The van der Waals surface area contributed by atoms with Crippen LogP contribution in [0.2, 0.25) is 15.1 Å². The Labute approximate surface area is 401 Å². The van der Waals surface area contributed by atoms with E-state index in [1.54, 1.807) is 14.2 Å². The van der Waals surface area contributed by atoms with Crippen molar-refractivity contribution in [2.75, 3.05) is 55.9 Å². The molecule has 2 saturated heterocycles. The summed E-state index contributed by atoms with van der Waals surface area (Å²) in [6.45, 7) is 19.1. The minimum Gasteiger partial charge on any atom is -0.494 e. The van der Waals surface area contributed by atoms with Gasteiger partial charge in [-0.2, -0.15) is 0 Å². The third kappa shape index (κ3) is 15.2. The van der Waals surface area contributed by atoms with E-state index < -0.39 is 0 Å². The van der Waals surface area contributed by atoms with E-state index in [1.807, 2.05) is 84.9 Å². The van der Waals surface area contributed by atoms with E-state index in [0.29, 0.717) is 35.7 Å². The van der Waals surface area contributed by atoms with Crippen molar-refractivity contribution in [1.82, 2.24) is 25.9 Å². The highest BCUT2D eigenvalue weighted by atomic mass is 35.5. The van der Waals surface area contributed by atoms with E-state index in [-0.39, 0.29) is 11.1 Å². The van der Waals surface area contributed by atoms with Gasteiger partial charge in [-0.15, -0.1) is 0 Å². The van der Waals surface area contributed by atoms with Crippen LogP contribution in [0.5, 0.6) is 11.5 Å². The maximum Gasteiger partial charge on any atom is 0.145 e. The molecule has 8 rings (SSSR count). The predicted molar refractivity (Wildman–Crippen MR) is 276 cm³/mol. The standard InChI is InChI=1S/C26H33ClN4O.C17H14Cl2N2O.C9H20N2/c1-26(2,3)30-20-12-14-31(15-13-20)22-16-24(28-17-18-8-10-19(27)11-9-18)29-25-21(22)6-5-7-23(25)32-4;1-22-15-4-2-3-13-14(19)9-16(21-17(13)15)20-10-11-5-7-12(18)8-6-11;1-9(2,3)11-8-4-6-10-7-5-8/h5-11,16,20,30H,12-15,17H2,1-4H3,(H,28,29);2-9H,10H2,1H3,(H,20,21);8,10-11H,4-7H2,1-3H3. The van der Waals surface area contributed by atoms with Gasteiger partial charge in [0.25, 0.3) is 0 Å². The molecule has 0 atom stereocenters. The summed E-state index contributed by atoms with van der Waals surface area (Å²) in [6, 6.07) is 32.7. The first-order valence-electron chi connectivity index (χ1n) is 22.7. The molecule has 2 aliphatic heterocycles. The lowest BCUT2D eigenvalue weighted by molar-refractivity contribution is 0.304. The summed E-state index contributed by atoms with van der Waals surface area (Å²) >= 11 is 18.2. The average Bonchev–Trinajstić information content (AvgIpc) is 3.28. The average molecular weight is 943 g/mol. The lowest BCUT2D eigenvalue weighted by Crippen LogP contribution is -2.49. The fourth-order valence-corrected chi connectivity index (χ4v) is 8.71. The number of benzene rings is 4. The first-order chi connectivity index (χ1) is 31.1. The molecule has 0 bridgehead atoms. The maximum atomic E-state index is 6.34. The number of para-hydroxylation sites is 2. The fraction of sp³-hybridized carbons (Fsp3) is 0.423. The van der Waals surface area contributed by atoms with Crippen molar-refractivity contribution in [2.45, 2.75) is 103 Å². The van der Waals surface area contributed by atoms with Gasteiger partial charge in [-0.25, -0.2) is 9.97 Å². The van der Waals surface area contributed by atoms with E-state index >= 15 is 0 Å². The Morgan fingerprint density at radius 2 is 1.05 bits per heavy atom. The van der Waals surface area contributed by atoms with Gasteiger partial charge < -0.3 is 41.0 Å². The molecule has 348 valence electrons. The van der Waals surface area contributed by atoms with Gasteiger partial charge in [0.1, 0.15) is 34.2 Å². The minimum atomic E-state index is 0.141. The molecule has 13 heteroatoms. The monoisotopic (exact) mass is 940 g/mol. The molecule has 0 aliphatic carbocycles. The van der Waals surface area contributed by atoms with E-state index in [4.69, 9.17) is 49.3 Å². The fourth-order valence-electron chi connectivity index (χ4n) is 8.20. The van der Waals surface area contributed by atoms with Crippen LogP contribution in [0.15, 0.2) is 97.1 Å². The molecule has 2 fully saturated rings. The molecule has 2 aliphatic rings. The summed E-state index contributed by atoms with van der Waals surface area (Å²) in [5.74, 6) is 3.05. The van der Waals surface area contributed by atoms with Gasteiger partial charge in [-0.05, 0) is 134 Å². The van der Waals surface area contributed by atoms with Crippen molar-refractivity contribution in [1.29, 1.82) is 0 Å². The Balaban J connectivity index is 0.000000182. The Morgan fingerprint density at radius 3 is 1.52 bits per heavy atom. The van der Waals surface area contributed by atoms with Crippen LogP contribution in [0.4, 0.5) is 17.3 Å². The van der Waals surface area contributed by atoms with E-state index in [9.17, 15) is 0 Å². The van der Waals surface area contributed by atoms with Gasteiger partial charge in [0.05, 0.1) is 19.2 Å². The molecule has 2 aromatic heterocycles. The number of nitrogens with zero attached hydrogens (tertiary/aromatic N) is 3. The van der Waals surface area contributed by atoms with Crippen LogP contribution >= 0.6 is 34.8 Å². The smallest absolute Gasteiger partial charge is 0.145 e. The number of aromatic nitrogens is 2. The van der Waals surface area contributed by atoms with Gasteiger partial charge in [0, 0.05) is 81.9 Å². The van der Waals surface area contributed by atoms with Crippen molar-refractivity contribution < 1.29 is 9.47 Å². The van der Waals surface area contributed by atoms with Crippen LogP contribution in [-0.4, -0.2) is 73.5 Å². The Hall–Kier alpha value is -4.55. The highest BCUT2D eigenvalue weighted by molar-refractivity contribution is 6.35. The number of anilines is 3. The number of pyridine rings is 2. The van der Waals surface area contributed by atoms with Crippen LogP contribution in [0.1, 0.15) is 78.4 Å². The molecule has 65 heavy (non-hydrogen) atoms. The zero-order chi connectivity index (χ0) is 46.6.